The van der Waals surface area contributed by atoms with Crippen LogP contribution >= 0.6 is 11.6 Å². The molecule has 1 amide bonds. The van der Waals surface area contributed by atoms with E-state index in [1.165, 1.54) is 0 Å². The molecule has 1 aromatic rings. The summed E-state index contributed by atoms with van der Waals surface area (Å²) < 4.78 is 11.2. The predicted octanol–water partition coefficient (Wildman–Crippen LogP) is 2.54. The van der Waals surface area contributed by atoms with Gasteiger partial charge in [0.1, 0.15) is 0 Å². The zero-order valence-corrected chi connectivity index (χ0v) is 13.4. The minimum Gasteiger partial charge on any atom is -0.381 e. The number of morpholine rings is 1. The second-order valence-corrected chi connectivity index (χ2v) is 6.43. The van der Waals surface area contributed by atoms with Crippen LogP contribution in [0.1, 0.15) is 18.4 Å². The summed E-state index contributed by atoms with van der Waals surface area (Å²) in [7, 11) is 0. The third kappa shape index (κ3) is 4.00. The predicted molar refractivity (Wildman–Crippen MR) is 85.0 cm³/mol. The Labute approximate surface area is 136 Å². The quantitative estimate of drug-likeness (QED) is 0.858. The van der Waals surface area contributed by atoms with Crippen LogP contribution in [0.3, 0.4) is 0 Å². The van der Waals surface area contributed by atoms with Gasteiger partial charge in [-0.25, -0.2) is 0 Å². The first-order valence-corrected chi connectivity index (χ1v) is 8.33. The minimum atomic E-state index is 0.0519. The molecule has 2 fully saturated rings. The Morgan fingerprint density at radius 3 is 2.86 bits per heavy atom. The van der Waals surface area contributed by atoms with Crippen molar-refractivity contribution < 1.29 is 14.3 Å². The molecule has 2 aliphatic rings. The Balaban J connectivity index is 1.57. The highest BCUT2D eigenvalue weighted by atomic mass is 35.5. The van der Waals surface area contributed by atoms with Gasteiger partial charge >= 0.3 is 0 Å². The fourth-order valence-electron chi connectivity index (χ4n) is 3.17. The molecule has 2 saturated heterocycles. The van der Waals surface area contributed by atoms with Crippen molar-refractivity contribution in [2.45, 2.75) is 25.4 Å². The van der Waals surface area contributed by atoms with Crippen LogP contribution < -0.4 is 0 Å². The minimum absolute atomic E-state index is 0.0519. The number of hydrogen-bond donors (Lipinski definition) is 0. The van der Waals surface area contributed by atoms with Crippen molar-refractivity contribution in [3.05, 3.63) is 34.9 Å². The van der Waals surface area contributed by atoms with Crippen LogP contribution in [0.2, 0.25) is 5.02 Å². The van der Waals surface area contributed by atoms with Crippen molar-refractivity contribution in [3.8, 4) is 0 Å². The maximum atomic E-state index is 12.6. The number of halogens is 1. The summed E-state index contributed by atoms with van der Waals surface area (Å²) in [5.74, 6) is 0.390. The number of carbonyl (C=O) groups excluding carboxylic acids is 1. The highest BCUT2D eigenvalue weighted by Crippen LogP contribution is 2.21. The van der Waals surface area contributed by atoms with Crippen LogP contribution in [0.15, 0.2) is 24.3 Å². The van der Waals surface area contributed by atoms with Crippen LogP contribution in [-0.2, 0) is 20.7 Å². The highest BCUT2D eigenvalue weighted by molar-refractivity contribution is 6.30. The molecule has 0 radical (unpaired) electrons. The van der Waals surface area contributed by atoms with E-state index in [2.05, 4.69) is 6.07 Å². The first-order valence-electron chi connectivity index (χ1n) is 7.95. The molecule has 1 aromatic carbocycles. The Bertz CT molecular complexity index is 516. The van der Waals surface area contributed by atoms with Crippen LogP contribution in [0, 0.1) is 5.92 Å². The summed E-state index contributed by atoms with van der Waals surface area (Å²) in [6, 6.07) is 7.83. The topological polar surface area (TPSA) is 38.8 Å². The SMILES string of the molecule is O=C(C1CCOCC1)N1CCOC(Cc2cccc(Cl)c2)C1. The van der Waals surface area contributed by atoms with Crippen LogP contribution in [-0.4, -0.2) is 49.8 Å². The van der Waals surface area contributed by atoms with Gasteiger partial charge < -0.3 is 14.4 Å². The van der Waals surface area contributed by atoms with Gasteiger partial charge in [-0.15, -0.1) is 0 Å². The summed E-state index contributed by atoms with van der Waals surface area (Å²) in [6.07, 6.45) is 2.53. The molecule has 0 bridgehead atoms. The molecule has 120 valence electrons. The second kappa shape index (κ2) is 7.44. The van der Waals surface area contributed by atoms with E-state index < -0.39 is 0 Å². The van der Waals surface area contributed by atoms with Crippen molar-refractivity contribution in [3.63, 3.8) is 0 Å². The van der Waals surface area contributed by atoms with E-state index >= 15 is 0 Å². The van der Waals surface area contributed by atoms with E-state index in [-0.39, 0.29) is 17.9 Å². The first kappa shape index (κ1) is 15.8. The number of hydrogen-bond acceptors (Lipinski definition) is 3. The van der Waals surface area contributed by atoms with E-state index in [1.54, 1.807) is 0 Å². The van der Waals surface area contributed by atoms with E-state index in [9.17, 15) is 4.79 Å². The maximum Gasteiger partial charge on any atom is 0.226 e. The molecule has 1 atom stereocenters. The first-order chi connectivity index (χ1) is 10.7. The largest absolute Gasteiger partial charge is 0.381 e. The lowest BCUT2D eigenvalue weighted by Gasteiger charge is -2.36. The molecule has 0 aromatic heterocycles. The van der Waals surface area contributed by atoms with E-state index in [0.717, 1.165) is 29.8 Å². The molecule has 1 unspecified atom stereocenters. The summed E-state index contributed by atoms with van der Waals surface area (Å²) >= 11 is 6.03. The molecule has 0 aliphatic carbocycles. The zero-order chi connectivity index (χ0) is 15.4. The zero-order valence-electron chi connectivity index (χ0n) is 12.7. The summed E-state index contributed by atoms with van der Waals surface area (Å²) in [4.78, 5) is 14.6. The lowest BCUT2D eigenvalue weighted by Crippen LogP contribution is -2.49. The average molecular weight is 324 g/mol. The van der Waals surface area contributed by atoms with Gasteiger partial charge in [-0.2, -0.15) is 0 Å². The fraction of sp³-hybridized carbons (Fsp3) is 0.588. The van der Waals surface area contributed by atoms with Crippen LogP contribution in [0.25, 0.3) is 0 Å². The van der Waals surface area contributed by atoms with E-state index in [4.69, 9.17) is 21.1 Å². The van der Waals surface area contributed by atoms with Gasteiger partial charge in [-0.05, 0) is 30.5 Å². The number of amides is 1. The van der Waals surface area contributed by atoms with Crippen molar-refractivity contribution in [1.29, 1.82) is 0 Å². The smallest absolute Gasteiger partial charge is 0.226 e. The van der Waals surface area contributed by atoms with Gasteiger partial charge in [-0.1, -0.05) is 23.7 Å². The molecule has 0 N–H and O–H groups in total. The average Bonchev–Trinajstić information content (AvgIpc) is 2.55. The number of nitrogens with zero attached hydrogens (tertiary/aromatic N) is 1. The maximum absolute atomic E-state index is 12.6. The van der Waals surface area contributed by atoms with Gasteiger partial charge in [0.05, 0.1) is 12.7 Å². The summed E-state index contributed by atoms with van der Waals surface area (Å²) in [5.41, 5.74) is 1.15. The number of carbonyl (C=O) groups is 1. The number of ether oxygens (including phenoxy) is 2. The monoisotopic (exact) mass is 323 g/mol. The van der Waals surface area contributed by atoms with Crippen molar-refractivity contribution in [2.75, 3.05) is 32.9 Å². The standard InChI is InChI=1S/C17H22ClNO3/c18-15-3-1-2-13(10-15)11-16-12-19(6-9-22-16)17(20)14-4-7-21-8-5-14/h1-3,10,14,16H,4-9,11-12H2. The van der Waals surface area contributed by atoms with Crippen molar-refractivity contribution in [1.82, 2.24) is 4.90 Å². The lowest BCUT2D eigenvalue weighted by molar-refractivity contribution is -0.146. The van der Waals surface area contributed by atoms with Crippen LogP contribution in [0.4, 0.5) is 0 Å². The lowest BCUT2D eigenvalue weighted by atomic mass is 9.97. The molecule has 0 spiro atoms. The number of benzene rings is 1. The second-order valence-electron chi connectivity index (χ2n) is 6.00. The van der Waals surface area contributed by atoms with Gasteiger partial charge in [0, 0.05) is 43.7 Å². The molecular weight excluding hydrogens is 302 g/mol. The van der Waals surface area contributed by atoms with E-state index in [1.807, 2.05) is 23.1 Å². The van der Waals surface area contributed by atoms with E-state index in [0.29, 0.717) is 32.9 Å². The van der Waals surface area contributed by atoms with Gasteiger partial charge in [-0.3, -0.25) is 4.79 Å². The molecule has 4 nitrogen and oxygen atoms in total. The third-order valence-electron chi connectivity index (χ3n) is 4.37. The Morgan fingerprint density at radius 1 is 1.27 bits per heavy atom. The fourth-order valence-corrected chi connectivity index (χ4v) is 3.39. The summed E-state index contributed by atoms with van der Waals surface area (Å²) in [6.45, 7) is 3.38. The van der Waals surface area contributed by atoms with Gasteiger partial charge in [0.2, 0.25) is 5.91 Å². The van der Waals surface area contributed by atoms with Gasteiger partial charge in [0.15, 0.2) is 0 Å². The van der Waals surface area contributed by atoms with Gasteiger partial charge in [0.25, 0.3) is 0 Å². The highest BCUT2D eigenvalue weighted by Gasteiger charge is 2.30. The van der Waals surface area contributed by atoms with Crippen molar-refractivity contribution >= 4 is 17.5 Å². The molecular formula is C17H22ClNO3. The molecule has 0 saturated carbocycles. The Hall–Kier alpha value is -1.10. The Kier molecular flexibility index (Phi) is 5.34. The molecule has 3 rings (SSSR count). The third-order valence-corrected chi connectivity index (χ3v) is 4.61. The number of rotatable bonds is 3. The normalized spacial score (nSPS) is 23.5. The molecule has 2 heterocycles. The molecule has 22 heavy (non-hydrogen) atoms. The Morgan fingerprint density at radius 2 is 2.09 bits per heavy atom. The molecule has 5 heteroatoms. The van der Waals surface area contributed by atoms with Crippen molar-refractivity contribution in [2.24, 2.45) is 5.92 Å². The van der Waals surface area contributed by atoms with Crippen LogP contribution in [0.5, 0.6) is 0 Å². The molecule has 2 aliphatic heterocycles. The summed E-state index contributed by atoms with van der Waals surface area (Å²) in [5, 5.41) is 0.739.